The van der Waals surface area contributed by atoms with Gasteiger partial charge in [-0.2, -0.15) is 13.2 Å². The van der Waals surface area contributed by atoms with Gasteiger partial charge < -0.3 is 4.74 Å². The van der Waals surface area contributed by atoms with Crippen LogP contribution in [0, 0.1) is 0 Å². The van der Waals surface area contributed by atoms with Gasteiger partial charge in [0.25, 0.3) is 0 Å². The van der Waals surface area contributed by atoms with Crippen molar-refractivity contribution in [3.63, 3.8) is 0 Å². The lowest BCUT2D eigenvalue weighted by molar-refractivity contribution is -0.0886. The van der Waals surface area contributed by atoms with Crippen LogP contribution >= 0.6 is 31.9 Å². The topological polar surface area (TPSA) is 43.4 Å². The molecule has 0 radical (unpaired) electrons. The molecule has 1 aromatic carbocycles. The molecule has 0 saturated carbocycles. The van der Waals surface area contributed by atoms with Crippen molar-refractivity contribution in [2.24, 2.45) is 0 Å². The van der Waals surface area contributed by atoms with Gasteiger partial charge >= 0.3 is 12.1 Å². The third-order valence-electron chi connectivity index (χ3n) is 3.31. The number of benzene rings is 1. The van der Waals surface area contributed by atoms with Gasteiger partial charge in [-0.05, 0) is 30.7 Å². The lowest BCUT2D eigenvalue weighted by Crippen LogP contribution is -2.19. The predicted octanol–water partition coefficient (Wildman–Crippen LogP) is 5.00. The Labute approximate surface area is 152 Å². The molecule has 0 aliphatic heterocycles. The summed E-state index contributed by atoms with van der Waals surface area (Å²) in [6.45, 7) is 0. The van der Waals surface area contributed by atoms with Crippen LogP contribution in [-0.2, 0) is 4.74 Å². The number of hydrogen-bond acceptors (Lipinski definition) is 3. The van der Waals surface area contributed by atoms with Crippen molar-refractivity contribution in [2.45, 2.75) is 17.4 Å². The lowest BCUT2D eigenvalue weighted by Gasteiger charge is -2.19. The number of halogens is 5. The quantitative estimate of drug-likeness (QED) is 0.357. The van der Waals surface area contributed by atoms with E-state index in [2.05, 4.69) is 36.6 Å². The van der Waals surface area contributed by atoms with E-state index < -0.39 is 28.3 Å². The van der Waals surface area contributed by atoms with Crippen molar-refractivity contribution in [1.82, 2.24) is 0 Å². The molecule has 8 heteroatoms. The van der Waals surface area contributed by atoms with Crippen LogP contribution in [0.15, 0.2) is 46.0 Å². The van der Waals surface area contributed by atoms with Gasteiger partial charge in [-0.15, -0.1) is 0 Å². The maximum absolute atomic E-state index is 12.9. The maximum atomic E-state index is 12.9. The van der Waals surface area contributed by atoms with E-state index in [1.54, 1.807) is 0 Å². The van der Waals surface area contributed by atoms with E-state index in [1.165, 1.54) is 25.3 Å². The van der Waals surface area contributed by atoms with E-state index in [4.69, 9.17) is 0 Å². The number of hydrogen-bond donors (Lipinski definition) is 0. The molecule has 0 N–H and O–H groups in total. The van der Waals surface area contributed by atoms with Crippen molar-refractivity contribution in [1.29, 1.82) is 0 Å². The first-order valence-electron chi connectivity index (χ1n) is 6.69. The Morgan fingerprint density at radius 2 is 1.83 bits per heavy atom. The Bertz CT molecular complexity index is 751. The van der Waals surface area contributed by atoms with Gasteiger partial charge in [-0.25, -0.2) is 4.79 Å². The molecule has 0 fully saturated rings. The standard InChI is InChI=1S/C16H11Br2F3O3/c1-24-15(23)10-2-8(4-12(17)6-10)14(22)9-3-11(16(19,20)21)7-13(18)5-9/h2-4,6-7,13H,5H2,1H3. The van der Waals surface area contributed by atoms with Crippen LogP contribution in [0.3, 0.4) is 0 Å². The van der Waals surface area contributed by atoms with Crippen LogP contribution in [0.25, 0.3) is 0 Å². The fourth-order valence-electron chi connectivity index (χ4n) is 2.23. The summed E-state index contributed by atoms with van der Waals surface area (Å²) in [6, 6.07) is 4.21. The Hall–Kier alpha value is -1.41. The molecule has 0 spiro atoms. The minimum atomic E-state index is -4.54. The zero-order valence-corrected chi connectivity index (χ0v) is 15.5. The van der Waals surface area contributed by atoms with Gasteiger partial charge in [0.2, 0.25) is 0 Å². The predicted molar refractivity (Wildman–Crippen MR) is 89.4 cm³/mol. The Morgan fingerprint density at radius 3 is 2.42 bits per heavy atom. The molecular weight excluding hydrogens is 457 g/mol. The van der Waals surface area contributed by atoms with E-state index in [1.807, 2.05) is 0 Å². The highest BCUT2D eigenvalue weighted by Crippen LogP contribution is 2.35. The van der Waals surface area contributed by atoms with Crippen molar-refractivity contribution in [3.05, 3.63) is 57.1 Å². The number of ketones is 1. The minimum Gasteiger partial charge on any atom is -0.465 e. The van der Waals surface area contributed by atoms with Crippen LogP contribution in [-0.4, -0.2) is 29.9 Å². The molecule has 1 aliphatic carbocycles. The number of rotatable bonds is 3. The molecule has 2 rings (SSSR count). The summed E-state index contributed by atoms with van der Waals surface area (Å²) in [5.74, 6) is -1.21. The van der Waals surface area contributed by atoms with Gasteiger partial charge in [-0.3, -0.25) is 4.79 Å². The number of methoxy groups -OCH3 is 1. The number of carbonyl (C=O) groups is 2. The van der Waals surface area contributed by atoms with Crippen molar-refractivity contribution < 1.29 is 27.5 Å². The highest BCUT2D eigenvalue weighted by Gasteiger charge is 2.35. The summed E-state index contributed by atoms with van der Waals surface area (Å²) >= 11 is 6.29. The fraction of sp³-hybridized carbons (Fsp3) is 0.250. The first-order valence-corrected chi connectivity index (χ1v) is 8.40. The molecule has 1 atom stereocenters. The third-order valence-corrected chi connectivity index (χ3v) is 4.35. The third kappa shape index (κ3) is 4.36. The smallest absolute Gasteiger partial charge is 0.416 e. The number of esters is 1. The largest absolute Gasteiger partial charge is 0.465 e. The number of alkyl halides is 4. The van der Waals surface area contributed by atoms with Crippen LogP contribution in [0.4, 0.5) is 13.2 Å². The summed E-state index contributed by atoms with van der Waals surface area (Å²) < 4.78 is 43.8. The molecule has 0 saturated heterocycles. The van der Waals surface area contributed by atoms with E-state index in [0.717, 1.165) is 12.2 Å². The summed E-state index contributed by atoms with van der Waals surface area (Å²) in [4.78, 5) is 23.6. The van der Waals surface area contributed by atoms with Gasteiger partial charge in [-0.1, -0.05) is 37.9 Å². The first-order chi connectivity index (χ1) is 11.1. The SMILES string of the molecule is COC(=O)c1cc(Br)cc(C(=O)C2=CC(C(F)(F)F)=CC(Br)C2)c1. The van der Waals surface area contributed by atoms with Crippen LogP contribution < -0.4 is 0 Å². The molecule has 1 aromatic rings. The summed E-state index contributed by atoms with van der Waals surface area (Å²) in [7, 11) is 1.20. The second-order valence-corrected chi connectivity index (χ2v) is 7.15. The van der Waals surface area contributed by atoms with Gasteiger partial charge in [0.1, 0.15) is 0 Å². The summed E-state index contributed by atoms with van der Waals surface area (Å²) in [5, 5.41) is 0. The number of allylic oxidation sites excluding steroid dienone is 4. The molecule has 0 heterocycles. The molecular formula is C16H11Br2F3O3. The lowest BCUT2D eigenvalue weighted by atomic mass is 9.92. The van der Waals surface area contributed by atoms with Crippen molar-refractivity contribution >= 4 is 43.6 Å². The number of Topliss-reactive ketones (excluding diaryl/α,β-unsaturated/α-hetero) is 1. The molecule has 0 aromatic heterocycles. The second kappa shape index (κ2) is 7.23. The average Bonchev–Trinajstić information content (AvgIpc) is 2.51. The summed E-state index contributed by atoms with van der Waals surface area (Å²) in [5.41, 5.74) is -0.615. The average molecular weight is 468 g/mol. The zero-order chi connectivity index (χ0) is 18.1. The molecule has 0 bridgehead atoms. The molecule has 3 nitrogen and oxygen atoms in total. The second-order valence-electron chi connectivity index (χ2n) is 5.06. The van der Waals surface area contributed by atoms with Gasteiger partial charge in [0.15, 0.2) is 5.78 Å². The van der Waals surface area contributed by atoms with Gasteiger partial charge in [0, 0.05) is 20.4 Å². The van der Waals surface area contributed by atoms with Gasteiger partial charge in [0.05, 0.1) is 18.2 Å². The summed E-state index contributed by atoms with van der Waals surface area (Å²) in [6.07, 6.45) is -2.54. The zero-order valence-electron chi connectivity index (χ0n) is 12.3. The van der Waals surface area contributed by atoms with Crippen LogP contribution in [0.5, 0.6) is 0 Å². The molecule has 128 valence electrons. The van der Waals surface area contributed by atoms with E-state index in [-0.39, 0.29) is 23.1 Å². The highest BCUT2D eigenvalue weighted by molar-refractivity contribution is 9.10. The van der Waals surface area contributed by atoms with Crippen LogP contribution in [0.1, 0.15) is 27.1 Å². The first kappa shape index (κ1) is 18.9. The fourth-order valence-corrected chi connectivity index (χ4v) is 3.36. The Kier molecular flexibility index (Phi) is 5.70. The maximum Gasteiger partial charge on any atom is 0.416 e. The van der Waals surface area contributed by atoms with E-state index in [9.17, 15) is 22.8 Å². The Morgan fingerprint density at radius 1 is 1.21 bits per heavy atom. The molecule has 1 aliphatic rings. The molecule has 24 heavy (non-hydrogen) atoms. The molecule has 0 amide bonds. The normalized spacial score (nSPS) is 17.8. The van der Waals surface area contributed by atoms with E-state index >= 15 is 0 Å². The highest BCUT2D eigenvalue weighted by atomic mass is 79.9. The van der Waals surface area contributed by atoms with E-state index in [0.29, 0.717) is 4.47 Å². The monoisotopic (exact) mass is 466 g/mol. The van der Waals surface area contributed by atoms with Crippen molar-refractivity contribution in [3.8, 4) is 0 Å². The Balaban J connectivity index is 2.42. The van der Waals surface area contributed by atoms with Crippen LogP contribution in [0.2, 0.25) is 0 Å². The van der Waals surface area contributed by atoms with Crippen molar-refractivity contribution in [2.75, 3.05) is 7.11 Å². The molecule has 1 unspecified atom stereocenters. The number of carbonyl (C=O) groups excluding carboxylic acids is 2. The minimum absolute atomic E-state index is 0.0145. The number of ether oxygens (including phenoxy) is 1.